The molecular weight excluding hydrogens is 1040 g/mol. The van der Waals surface area contributed by atoms with Crippen LogP contribution in [-0.4, -0.2) is 22.9 Å². The third-order valence-electron chi connectivity index (χ3n) is 19.4. The lowest BCUT2D eigenvalue weighted by Crippen LogP contribution is -2.11. The van der Waals surface area contributed by atoms with Gasteiger partial charge in [-0.25, -0.2) is 4.98 Å². The monoisotopic (exact) mass is 1110 g/mol. The maximum atomic E-state index is 6.17. The van der Waals surface area contributed by atoms with Gasteiger partial charge in [-0.05, 0) is 164 Å². The Morgan fingerprint density at radius 2 is 0.733 bits per heavy atom. The molecule has 11 aromatic carbocycles. The first-order valence-corrected chi connectivity index (χ1v) is 30.5. The van der Waals surface area contributed by atoms with Crippen molar-refractivity contribution in [2.75, 3.05) is 0 Å². The van der Waals surface area contributed by atoms with Crippen molar-refractivity contribution in [1.82, 2.24) is 22.9 Å². The lowest BCUT2D eigenvalue weighted by Gasteiger charge is -2.22. The smallest absolute Gasteiger partial charge is 0.146 e. The Labute approximate surface area is 498 Å². The molecule has 7 aromatic heterocycles. The van der Waals surface area contributed by atoms with E-state index in [0.29, 0.717) is 0 Å². The molecule has 18 aromatic rings. The molecule has 0 saturated carbocycles. The van der Waals surface area contributed by atoms with E-state index in [1.54, 1.807) is 0 Å². The van der Waals surface area contributed by atoms with Gasteiger partial charge in [-0.3, -0.25) is 4.40 Å². The first-order valence-electron chi connectivity index (χ1n) is 30.5. The Kier molecular flexibility index (Phi) is 9.71. The zero-order valence-electron chi connectivity index (χ0n) is 50.0. The largest absolute Gasteiger partial charge is 0.309 e. The second kappa shape index (κ2) is 16.9. The Morgan fingerprint density at radius 1 is 0.291 bits per heavy atom. The quantitative estimate of drug-likeness (QED) is 0.173. The van der Waals surface area contributed by atoms with Gasteiger partial charge in [0.1, 0.15) is 5.65 Å². The van der Waals surface area contributed by atoms with Crippen molar-refractivity contribution in [3.8, 4) is 33.6 Å². The van der Waals surface area contributed by atoms with Crippen molar-refractivity contribution >= 4 is 131 Å². The molecule has 0 aliphatic rings. The predicted octanol–water partition coefficient (Wildman–Crippen LogP) is 22.0. The second-order valence-electron chi connectivity index (χ2n) is 27.6. The molecule has 18 rings (SSSR count). The maximum absolute atomic E-state index is 6.17. The third kappa shape index (κ3) is 6.68. The zero-order chi connectivity index (χ0) is 58.0. The molecule has 5 nitrogen and oxygen atoms in total. The molecular formula is C81H63N5. The fourth-order valence-electron chi connectivity index (χ4n) is 15.1. The van der Waals surface area contributed by atoms with Crippen molar-refractivity contribution in [1.29, 1.82) is 0 Å². The highest BCUT2D eigenvalue weighted by Gasteiger charge is 2.31. The third-order valence-corrected chi connectivity index (χ3v) is 19.4. The molecule has 7 heterocycles. The summed E-state index contributed by atoms with van der Waals surface area (Å²) >= 11 is 0. The fraction of sp³-hybridized carbons (Fsp3) is 0.148. The van der Waals surface area contributed by atoms with E-state index in [1.807, 2.05) is 0 Å². The number of pyridine rings is 1. The molecule has 0 N–H and O–H groups in total. The molecule has 0 amide bonds. The molecule has 0 atom stereocenters. The van der Waals surface area contributed by atoms with Crippen molar-refractivity contribution in [3.05, 3.63) is 235 Å². The highest BCUT2D eigenvalue weighted by atomic mass is 15.0. The number of aromatic nitrogens is 5. The summed E-state index contributed by atoms with van der Waals surface area (Å²) < 4.78 is 10.0. The van der Waals surface area contributed by atoms with Gasteiger partial charge in [-0.15, -0.1) is 0 Å². The number of benzene rings is 11. The van der Waals surface area contributed by atoms with E-state index >= 15 is 0 Å². The first-order chi connectivity index (χ1) is 41.6. The van der Waals surface area contributed by atoms with Gasteiger partial charge in [0.05, 0.1) is 55.2 Å². The van der Waals surface area contributed by atoms with Gasteiger partial charge in [-0.2, -0.15) is 0 Å². The van der Waals surface area contributed by atoms with Gasteiger partial charge in [0.15, 0.2) is 0 Å². The summed E-state index contributed by atoms with van der Waals surface area (Å²) in [5.41, 5.74) is 23.5. The van der Waals surface area contributed by atoms with Crippen LogP contribution in [0.1, 0.15) is 79.0 Å². The van der Waals surface area contributed by atoms with Crippen LogP contribution in [0, 0.1) is 0 Å². The Morgan fingerprint density at radius 3 is 1.31 bits per heavy atom. The van der Waals surface area contributed by atoms with Crippen molar-refractivity contribution < 1.29 is 0 Å². The van der Waals surface area contributed by atoms with E-state index in [0.717, 1.165) is 28.1 Å². The van der Waals surface area contributed by atoms with Crippen LogP contribution in [0.3, 0.4) is 0 Å². The van der Waals surface area contributed by atoms with Gasteiger partial charge in [0.2, 0.25) is 0 Å². The van der Waals surface area contributed by atoms with Gasteiger partial charge in [-0.1, -0.05) is 172 Å². The summed E-state index contributed by atoms with van der Waals surface area (Å²) in [5, 5.41) is 16.1. The molecule has 86 heavy (non-hydrogen) atoms. The molecule has 0 saturated heterocycles. The van der Waals surface area contributed by atoms with Crippen LogP contribution in [0.25, 0.3) is 164 Å². The number of nitrogens with zero attached hydrogens (tertiary/aromatic N) is 5. The van der Waals surface area contributed by atoms with Gasteiger partial charge in [0, 0.05) is 81.8 Å². The molecule has 5 heteroatoms. The topological polar surface area (TPSA) is 31.6 Å². The normalized spacial score (nSPS) is 13.2. The predicted molar refractivity (Wildman–Crippen MR) is 367 cm³/mol. The van der Waals surface area contributed by atoms with E-state index in [2.05, 4.69) is 299 Å². The summed E-state index contributed by atoms with van der Waals surface area (Å²) in [4.78, 5) is 6.17. The van der Waals surface area contributed by atoms with Gasteiger partial charge < -0.3 is 13.5 Å². The number of rotatable bonds is 4. The number of para-hydroxylation sites is 4. The fourth-order valence-corrected chi connectivity index (χ4v) is 15.1. The van der Waals surface area contributed by atoms with E-state index in [9.17, 15) is 0 Å². The lowest BCUT2D eigenvalue weighted by atomic mass is 9.83. The van der Waals surface area contributed by atoms with E-state index in [4.69, 9.17) is 4.98 Å². The second-order valence-corrected chi connectivity index (χ2v) is 27.6. The van der Waals surface area contributed by atoms with E-state index in [1.165, 1.54) is 153 Å². The Balaban J connectivity index is 0.988. The Bertz CT molecular complexity index is 5920. The van der Waals surface area contributed by atoms with Crippen LogP contribution in [0.2, 0.25) is 0 Å². The van der Waals surface area contributed by atoms with E-state index in [-0.39, 0.29) is 16.2 Å². The minimum atomic E-state index is -0.132. The highest BCUT2D eigenvalue weighted by Crippen LogP contribution is 2.51. The van der Waals surface area contributed by atoms with Crippen LogP contribution in [0.5, 0.6) is 0 Å². The van der Waals surface area contributed by atoms with Crippen molar-refractivity contribution in [3.63, 3.8) is 0 Å². The average molecular weight is 1110 g/mol. The summed E-state index contributed by atoms with van der Waals surface area (Å²) in [5.74, 6) is 0. The van der Waals surface area contributed by atoms with Crippen LogP contribution < -0.4 is 0 Å². The van der Waals surface area contributed by atoms with Crippen molar-refractivity contribution in [2.24, 2.45) is 0 Å². The molecule has 0 aliphatic carbocycles. The summed E-state index contributed by atoms with van der Waals surface area (Å²) in [6, 6.07) is 82.7. The van der Waals surface area contributed by atoms with Crippen LogP contribution in [0.4, 0.5) is 0 Å². The SMILES string of the molecule is CC(C)(C)c1cc(-c2ccc3c(c2)c2ccccc2n3-c2ccccc2)c2c(c1)c1cc(C(C)(C)C)cc3c4cc5c(nc4n2c31)c1cc(C(C)(C)C)cc2c3cc4ccccc4c(-c4ccc6c(c4)c4ccccc4n6-c4ccccc4)c3n5c21. The van der Waals surface area contributed by atoms with Crippen LogP contribution in [-0.2, 0) is 16.2 Å². The lowest BCUT2D eigenvalue weighted by molar-refractivity contribution is 0.591. The average Bonchev–Trinajstić information content (AvgIpc) is 1.58. The molecule has 0 radical (unpaired) electrons. The molecule has 0 spiro atoms. The minimum absolute atomic E-state index is 0.118. The van der Waals surface area contributed by atoms with Gasteiger partial charge >= 0.3 is 0 Å². The first kappa shape index (κ1) is 49.5. The molecule has 0 aliphatic heterocycles. The highest BCUT2D eigenvalue weighted by molar-refractivity contribution is 6.31. The molecule has 0 unspecified atom stereocenters. The van der Waals surface area contributed by atoms with Gasteiger partial charge in [0.25, 0.3) is 0 Å². The molecule has 0 fully saturated rings. The number of hydrogen-bond donors (Lipinski definition) is 0. The Hall–Kier alpha value is -9.97. The number of fused-ring (bicyclic) bond motifs is 19. The van der Waals surface area contributed by atoms with Crippen LogP contribution >= 0.6 is 0 Å². The standard InChI is InChI=1S/C81H63N5/c1-79(2,3)49-39-57(47-32-34-69-58(36-47)55-28-18-20-30-67(55)83(69)52-23-12-10-13-24-52)74-62(40-49)63-41-50(80(4,5)6)43-64-65-45-71-73(82-78(65)86(74)75(63)64)66-44-51(81(7,8)9)42-61-60-37-46-22-16-17-27-54(46)72(77(60)85(71)76(61)66)48-33-35-70-59(38-48)56-29-19-21-31-68(56)84(70)53-25-14-11-15-26-53/h10-45H,1-9H3. The summed E-state index contributed by atoms with van der Waals surface area (Å²) in [7, 11) is 0. The molecule has 0 bridgehead atoms. The minimum Gasteiger partial charge on any atom is -0.309 e. The zero-order valence-corrected chi connectivity index (χ0v) is 50.0. The van der Waals surface area contributed by atoms with Crippen molar-refractivity contribution in [2.45, 2.75) is 78.6 Å². The summed E-state index contributed by atoms with van der Waals surface area (Å²) in [6.07, 6.45) is 0. The summed E-state index contributed by atoms with van der Waals surface area (Å²) in [6.45, 7) is 21.2. The van der Waals surface area contributed by atoms with Crippen LogP contribution in [0.15, 0.2) is 218 Å². The van der Waals surface area contributed by atoms with E-state index < -0.39 is 0 Å². The maximum Gasteiger partial charge on any atom is 0.146 e. The number of hydrogen-bond acceptors (Lipinski definition) is 1. The molecule has 412 valence electrons.